The van der Waals surface area contributed by atoms with Crippen LogP contribution in [0.4, 0.5) is 0 Å². The molecular formula is C22H32N2. The van der Waals surface area contributed by atoms with Gasteiger partial charge in [-0.05, 0) is 52.7 Å². The van der Waals surface area contributed by atoms with E-state index in [2.05, 4.69) is 113 Å². The minimum atomic E-state index is 0.0209. The Morgan fingerprint density at radius 1 is 0.542 bits per heavy atom. The lowest BCUT2D eigenvalue weighted by Crippen LogP contribution is -2.48. The molecule has 0 spiro atoms. The third kappa shape index (κ3) is 5.77. The molecule has 0 saturated heterocycles. The molecule has 24 heavy (non-hydrogen) atoms. The van der Waals surface area contributed by atoms with E-state index in [0.29, 0.717) is 0 Å². The minimum absolute atomic E-state index is 0.0209. The van der Waals surface area contributed by atoms with Crippen molar-refractivity contribution >= 4 is 0 Å². The van der Waals surface area contributed by atoms with E-state index >= 15 is 0 Å². The molecule has 2 N–H and O–H groups in total. The van der Waals surface area contributed by atoms with Gasteiger partial charge >= 0.3 is 0 Å². The van der Waals surface area contributed by atoms with Gasteiger partial charge in [-0.15, -0.1) is 0 Å². The maximum Gasteiger partial charge on any atom is 0.0522 e. The van der Waals surface area contributed by atoms with E-state index in [4.69, 9.17) is 0 Å². The molecule has 2 heteroatoms. The third-order valence-electron chi connectivity index (χ3n) is 3.83. The minimum Gasteiger partial charge on any atom is -0.304 e. The van der Waals surface area contributed by atoms with Crippen LogP contribution in [-0.2, 0) is 0 Å². The van der Waals surface area contributed by atoms with Crippen molar-refractivity contribution in [3.8, 4) is 0 Å². The van der Waals surface area contributed by atoms with Gasteiger partial charge in [-0.2, -0.15) is 0 Å². The van der Waals surface area contributed by atoms with Crippen molar-refractivity contribution in [1.82, 2.24) is 10.6 Å². The van der Waals surface area contributed by atoms with Crippen molar-refractivity contribution < 1.29 is 0 Å². The van der Waals surface area contributed by atoms with Crippen molar-refractivity contribution in [2.45, 2.75) is 64.7 Å². The van der Waals surface area contributed by atoms with Gasteiger partial charge in [0.15, 0.2) is 0 Å². The van der Waals surface area contributed by atoms with Gasteiger partial charge in [0.05, 0.1) is 12.1 Å². The van der Waals surface area contributed by atoms with Gasteiger partial charge in [-0.3, -0.25) is 0 Å². The fourth-order valence-corrected chi connectivity index (χ4v) is 2.97. The van der Waals surface area contributed by atoms with Gasteiger partial charge in [0.2, 0.25) is 0 Å². The molecule has 130 valence electrons. The molecule has 0 aliphatic carbocycles. The Balaban J connectivity index is 2.47. The first kappa shape index (κ1) is 18.7. The summed E-state index contributed by atoms with van der Waals surface area (Å²) in [6.45, 7) is 13.3. The first-order valence-corrected chi connectivity index (χ1v) is 8.81. The molecule has 2 rings (SSSR count). The molecule has 0 heterocycles. The summed E-state index contributed by atoms with van der Waals surface area (Å²) >= 11 is 0. The largest absolute Gasteiger partial charge is 0.304 e. The predicted octanol–water partition coefficient (Wildman–Crippen LogP) is 5.25. The lowest BCUT2D eigenvalue weighted by molar-refractivity contribution is 0.259. The maximum atomic E-state index is 3.83. The van der Waals surface area contributed by atoms with Crippen LogP contribution in [0.2, 0.25) is 0 Å². The van der Waals surface area contributed by atoms with Gasteiger partial charge in [-0.1, -0.05) is 60.7 Å². The Kier molecular flexibility index (Phi) is 5.84. The quantitative estimate of drug-likeness (QED) is 0.785. The van der Waals surface area contributed by atoms with Crippen LogP contribution in [0.25, 0.3) is 0 Å². The van der Waals surface area contributed by atoms with Crippen LogP contribution in [0, 0.1) is 0 Å². The second-order valence-corrected chi connectivity index (χ2v) is 8.57. The molecule has 2 aromatic carbocycles. The van der Waals surface area contributed by atoms with Crippen LogP contribution in [0.1, 0.15) is 64.8 Å². The molecule has 0 unspecified atom stereocenters. The van der Waals surface area contributed by atoms with Crippen molar-refractivity contribution in [3.05, 3.63) is 71.8 Å². The smallest absolute Gasteiger partial charge is 0.0522 e. The first-order chi connectivity index (χ1) is 11.2. The maximum absolute atomic E-state index is 3.83. The van der Waals surface area contributed by atoms with E-state index in [1.54, 1.807) is 0 Å². The average Bonchev–Trinajstić information content (AvgIpc) is 2.50. The molecule has 2 aromatic rings. The van der Waals surface area contributed by atoms with Gasteiger partial charge < -0.3 is 10.6 Å². The highest BCUT2D eigenvalue weighted by molar-refractivity contribution is 5.28. The molecule has 2 nitrogen and oxygen atoms in total. The number of benzene rings is 2. The van der Waals surface area contributed by atoms with Crippen LogP contribution in [0.3, 0.4) is 0 Å². The fourth-order valence-electron chi connectivity index (χ4n) is 2.97. The molecule has 0 radical (unpaired) electrons. The second-order valence-electron chi connectivity index (χ2n) is 8.57. The Morgan fingerprint density at radius 2 is 0.833 bits per heavy atom. The fraction of sp³-hybridized carbons (Fsp3) is 0.455. The van der Waals surface area contributed by atoms with Crippen LogP contribution >= 0.6 is 0 Å². The molecule has 2 atom stereocenters. The van der Waals surface area contributed by atoms with E-state index < -0.39 is 0 Å². The summed E-state index contributed by atoms with van der Waals surface area (Å²) in [5.41, 5.74) is 2.65. The molecule has 0 aliphatic rings. The Morgan fingerprint density at radius 3 is 1.08 bits per heavy atom. The molecule has 0 bridgehead atoms. The van der Waals surface area contributed by atoms with E-state index in [1.807, 2.05) is 0 Å². The highest BCUT2D eigenvalue weighted by atomic mass is 15.1. The van der Waals surface area contributed by atoms with Crippen molar-refractivity contribution in [3.63, 3.8) is 0 Å². The summed E-state index contributed by atoms with van der Waals surface area (Å²) in [6, 6.07) is 21.8. The van der Waals surface area contributed by atoms with E-state index in [-0.39, 0.29) is 23.2 Å². The topological polar surface area (TPSA) is 24.1 Å². The van der Waals surface area contributed by atoms with Crippen molar-refractivity contribution in [2.75, 3.05) is 0 Å². The molecule has 0 saturated carbocycles. The first-order valence-electron chi connectivity index (χ1n) is 8.81. The summed E-state index contributed by atoms with van der Waals surface area (Å²) < 4.78 is 0. The monoisotopic (exact) mass is 324 g/mol. The number of hydrogen-bond acceptors (Lipinski definition) is 2. The summed E-state index contributed by atoms with van der Waals surface area (Å²) in [5.74, 6) is 0. The molecule has 0 aliphatic heterocycles. The molecule has 0 fully saturated rings. The normalized spacial score (nSPS) is 15.1. The standard InChI is InChI=1S/C22H32N2/c1-21(2,3)23-19(17-13-9-7-10-14-17)20(24-22(4,5)6)18-15-11-8-12-16-18/h7-16,19-20,23-24H,1-6H3/t19-,20+. The highest BCUT2D eigenvalue weighted by Crippen LogP contribution is 2.32. The Hall–Kier alpha value is -1.64. The summed E-state index contributed by atoms with van der Waals surface area (Å²) in [4.78, 5) is 0. The predicted molar refractivity (Wildman–Crippen MR) is 104 cm³/mol. The summed E-state index contributed by atoms with van der Waals surface area (Å²) in [6.07, 6.45) is 0. The zero-order chi connectivity index (χ0) is 17.8. The van der Waals surface area contributed by atoms with Gasteiger partial charge in [0.25, 0.3) is 0 Å². The average molecular weight is 325 g/mol. The lowest BCUT2D eigenvalue weighted by atomic mass is 9.89. The van der Waals surface area contributed by atoms with Gasteiger partial charge in [0.1, 0.15) is 0 Å². The third-order valence-corrected chi connectivity index (χ3v) is 3.83. The van der Waals surface area contributed by atoms with Crippen molar-refractivity contribution in [1.29, 1.82) is 0 Å². The highest BCUT2D eigenvalue weighted by Gasteiger charge is 2.30. The molecule has 0 amide bonds. The Labute approximate surface area is 147 Å². The second kappa shape index (κ2) is 7.50. The van der Waals surface area contributed by atoms with Gasteiger partial charge in [-0.25, -0.2) is 0 Å². The molecular weight excluding hydrogens is 292 g/mol. The van der Waals surface area contributed by atoms with Crippen LogP contribution in [0.5, 0.6) is 0 Å². The summed E-state index contributed by atoms with van der Waals surface area (Å²) in [5, 5.41) is 7.66. The SMILES string of the molecule is CC(C)(C)N[C@H](c1ccccc1)[C@@H](NC(C)(C)C)c1ccccc1. The van der Waals surface area contributed by atoms with Gasteiger partial charge in [0, 0.05) is 11.1 Å². The number of rotatable bonds is 5. The Bertz CT molecular complexity index is 548. The molecule has 0 aromatic heterocycles. The van der Waals surface area contributed by atoms with E-state index in [0.717, 1.165) is 0 Å². The number of nitrogens with one attached hydrogen (secondary N) is 2. The van der Waals surface area contributed by atoms with Crippen molar-refractivity contribution in [2.24, 2.45) is 0 Å². The zero-order valence-electron chi connectivity index (χ0n) is 15.9. The van der Waals surface area contributed by atoms with Crippen LogP contribution < -0.4 is 10.6 Å². The van der Waals surface area contributed by atoms with Crippen LogP contribution in [-0.4, -0.2) is 11.1 Å². The lowest BCUT2D eigenvalue weighted by Gasteiger charge is -2.39. The zero-order valence-corrected chi connectivity index (χ0v) is 15.9. The summed E-state index contributed by atoms with van der Waals surface area (Å²) in [7, 11) is 0. The van der Waals surface area contributed by atoms with E-state index in [1.165, 1.54) is 11.1 Å². The number of hydrogen-bond donors (Lipinski definition) is 2. The van der Waals surface area contributed by atoms with E-state index in [9.17, 15) is 0 Å². The van der Waals surface area contributed by atoms with Crippen LogP contribution in [0.15, 0.2) is 60.7 Å².